The van der Waals surface area contributed by atoms with Crippen LogP contribution in [0.5, 0.6) is 0 Å². The van der Waals surface area contributed by atoms with Gasteiger partial charge in [0, 0.05) is 24.7 Å². The van der Waals surface area contributed by atoms with Crippen LogP contribution in [0.4, 0.5) is 0 Å². The Morgan fingerprint density at radius 1 is 1.11 bits per heavy atom. The van der Waals surface area contributed by atoms with Gasteiger partial charge in [-0.2, -0.15) is 0 Å². The zero-order valence-electron chi connectivity index (χ0n) is 12.7. The number of hydrogen-bond donors (Lipinski definition) is 1. The van der Waals surface area contributed by atoms with Gasteiger partial charge in [0.25, 0.3) is 0 Å². The number of nitrogens with one attached hydrogen (secondary N) is 1. The monoisotopic (exact) mass is 252 g/mol. The Kier molecular flexibility index (Phi) is 5.08. The fourth-order valence-electron chi connectivity index (χ4n) is 3.57. The molecular weight excluding hydrogens is 220 g/mol. The summed E-state index contributed by atoms with van der Waals surface area (Å²) >= 11 is 0. The van der Waals surface area contributed by atoms with E-state index in [1.54, 1.807) is 0 Å². The third-order valence-corrected chi connectivity index (χ3v) is 5.32. The lowest BCUT2D eigenvalue weighted by Crippen LogP contribution is -2.64. The average molecular weight is 252 g/mol. The smallest absolute Gasteiger partial charge is 0.0329 e. The lowest BCUT2D eigenvalue weighted by atomic mass is 9.86. The molecular formula is C16H32N2. The molecule has 0 bridgehead atoms. The van der Waals surface area contributed by atoms with Gasteiger partial charge in [0.15, 0.2) is 0 Å². The fourth-order valence-corrected chi connectivity index (χ4v) is 3.57. The van der Waals surface area contributed by atoms with Crippen molar-refractivity contribution in [2.24, 2.45) is 5.92 Å². The molecule has 1 saturated heterocycles. The summed E-state index contributed by atoms with van der Waals surface area (Å²) in [6, 6.07) is 0.790. The third-order valence-electron chi connectivity index (χ3n) is 5.32. The minimum atomic E-state index is 0.444. The van der Waals surface area contributed by atoms with E-state index in [4.69, 9.17) is 0 Å². The number of rotatable bonds is 7. The first kappa shape index (κ1) is 14.3. The van der Waals surface area contributed by atoms with Crippen molar-refractivity contribution in [3.05, 3.63) is 0 Å². The van der Waals surface area contributed by atoms with Gasteiger partial charge in [-0.25, -0.2) is 0 Å². The summed E-state index contributed by atoms with van der Waals surface area (Å²) in [7, 11) is 0. The van der Waals surface area contributed by atoms with Crippen molar-refractivity contribution in [3.8, 4) is 0 Å². The second-order valence-electron chi connectivity index (χ2n) is 6.41. The van der Waals surface area contributed by atoms with E-state index in [1.165, 1.54) is 64.6 Å². The summed E-state index contributed by atoms with van der Waals surface area (Å²) < 4.78 is 0. The molecule has 1 N–H and O–H groups in total. The number of piperazine rings is 1. The molecule has 2 aliphatic rings. The molecule has 1 unspecified atom stereocenters. The van der Waals surface area contributed by atoms with Gasteiger partial charge >= 0.3 is 0 Å². The third kappa shape index (κ3) is 3.08. The van der Waals surface area contributed by atoms with Gasteiger partial charge in [-0.15, -0.1) is 0 Å². The van der Waals surface area contributed by atoms with Gasteiger partial charge in [-0.1, -0.05) is 33.6 Å². The highest BCUT2D eigenvalue weighted by molar-refractivity contribution is 5.01. The molecule has 1 aliphatic heterocycles. The van der Waals surface area contributed by atoms with Crippen LogP contribution in [0.15, 0.2) is 0 Å². The van der Waals surface area contributed by atoms with Crippen LogP contribution >= 0.6 is 0 Å². The molecule has 106 valence electrons. The van der Waals surface area contributed by atoms with Crippen LogP contribution in [0.1, 0.15) is 65.7 Å². The predicted octanol–water partition coefficient (Wildman–Crippen LogP) is 3.42. The van der Waals surface area contributed by atoms with Gasteiger partial charge in [-0.05, 0) is 44.6 Å². The molecule has 1 aliphatic carbocycles. The van der Waals surface area contributed by atoms with E-state index in [2.05, 4.69) is 31.0 Å². The molecule has 0 spiro atoms. The molecule has 1 atom stereocenters. The number of hydrogen-bond acceptors (Lipinski definition) is 2. The molecule has 1 saturated carbocycles. The van der Waals surface area contributed by atoms with E-state index in [1.807, 2.05) is 0 Å². The Hall–Kier alpha value is -0.0800. The molecule has 0 amide bonds. The first-order valence-corrected chi connectivity index (χ1v) is 8.24. The van der Waals surface area contributed by atoms with E-state index in [9.17, 15) is 0 Å². The SMILES string of the molecule is CCCCCN1CC(C2CC2)NCC1(CC)CC. The van der Waals surface area contributed by atoms with Gasteiger partial charge in [0.1, 0.15) is 0 Å². The lowest BCUT2D eigenvalue weighted by molar-refractivity contribution is 0.0259. The minimum absolute atomic E-state index is 0.444. The van der Waals surface area contributed by atoms with Gasteiger partial charge in [-0.3, -0.25) is 4.90 Å². The lowest BCUT2D eigenvalue weighted by Gasteiger charge is -2.50. The molecule has 1 heterocycles. The molecule has 2 rings (SSSR count). The van der Waals surface area contributed by atoms with Crippen LogP contribution in [0.2, 0.25) is 0 Å². The van der Waals surface area contributed by atoms with Crippen LogP contribution in [0.3, 0.4) is 0 Å². The van der Waals surface area contributed by atoms with Crippen molar-refractivity contribution in [2.45, 2.75) is 77.3 Å². The first-order valence-electron chi connectivity index (χ1n) is 8.24. The summed E-state index contributed by atoms with van der Waals surface area (Å²) in [4.78, 5) is 2.84. The highest BCUT2D eigenvalue weighted by Gasteiger charge is 2.42. The maximum Gasteiger partial charge on any atom is 0.0329 e. The average Bonchev–Trinajstić information content (AvgIpc) is 3.23. The standard InChI is InChI=1S/C16H32N2/c1-4-7-8-11-18-12-15(14-9-10-14)17-13-16(18,5-2)6-3/h14-15,17H,4-13H2,1-3H3. The highest BCUT2D eigenvalue weighted by Crippen LogP contribution is 2.37. The maximum absolute atomic E-state index is 3.85. The number of nitrogens with zero attached hydrogens (tertiary/aromatic N) is 1. The molecule has 2 nitrogen and oxygen atoms in total. The summed E-state index contributed by atoms with van der Waals surface area (Å²) in [6.07, 6.45) is 9.62. The van der Waals surface area contributed by atoms with Crippen molar-refractivity contribution in [2.75, 3.05) is 19.6 Å². The van der Waals surface area contributed by atoms with Gasteiger partial charge in [0.05, 0.1) is 0 Å². The summed E-state index contributed by atoms with van der Waals surface area (Å²) in [6.45, 7) is 10.9. The molecule has 0 aromatic heterocycles. The second kappa shape index (κ2) is 6.38. The summed E-state index contributed by atoms with van der Waals surface area (Å²) in [5.41, 5.74) is 0.444. The predicted molar refractivity (Wildman–Crippen MR) is 78.9 cm³/mol. The molecule has 0 aromatic carbocycles. The maximum atomic E-state index is 3.85. The Morgan fingerprint density at radius 2 is 1.83 bits per heavy atom. The molecule has 2 fully saturated rings. The van der Waals surface area contributed by atoms with E-state index < -0.39 is 0 Å². The molecule has 2 heteroatoms. The van der Waals surface area contributed by atoms with Crippen LogP contribution in [-0.2, 0) is 0 Å². The number of unbranched alkanes of at least 4 members (excludes halogenated alkanes) is 2. The van der Waals surface area contributed by atoms with E-state index in [-0.39, 0.29) is 0 Å². The molecule has 0 aromatic rings. The van der Waals surface area contributed by atoms with Crippen molar-refractivity contribution in [1.82, 2.24) is 10.2 Å². The quantitative estimate of drug-likeness (QED) is 0.698. The Bertz CT molecular complexity index is 243. The zero-order chi connectivity index (χ0) is 13.0. The van der Waals surface area contributed by atoms with Gasteiger partial charge < -0.3 is 5.32 Å². The van der Waals surface area contributed by atoms with E-state index in [0.29, 0.717) is 5.54 Å². The van der Waals surface area contributed by atoms with Crippen LogP contribution in [0.25, 0.3) is 0 Å². The minimum Gasteiger partial charge on any atom is -0.311 e. The topological polar surface area (TPSA) is 15.3 Å². The normalized spacial score (nSPS) is 28.5. The van der Waals surface area contributed by atoms with Crippen LogP contribution in [-0.4, -0.2) is 36.1 Å². The Labute approximate surface area is 114 Å². The fraction of sp³-hybridized carbons (Fsp3) is 1.00. The van der Waals surface area contributed by atoms with Crippen LogP contribution < -0.4 is 5.32 Å². The van der Waals surface area contributed by atoms with Crippen molar-refractivity contribution in [3.63, 3.8) is 0 Å². The second-order valence-corrected chi connectivity index (χ2v) is 6.41. The van der Waals surface area contributed by atoms with Crippen molar-refractivity contribution < 1.29 is 0 Å². The summed E-state index contributed by atoms with van der Waals surface area (Å²) in [5.74, 6) is 0.991. The first-order chi connectivity index (χ1) is 8.75. The van der Waals surface area contributed by atoms with Crippen molar-refractivity contribution in [1.29, 1.82) is 0 Å². The van der Waals surface area contributed by atoms with Crippen LogP contribution in [0, 0.1) is 5.92 Å². The summed E-state index contributed by atoms with van der Waals surface area (Å²) in [5, 5.41) is 3.85. The van der Waals surface area contributed by atoms with E-state index >= 15 is 0 Å². The molecule has 0 radical (unpaired) electrons. The van der Waals surface area contributed by atoms with Crippen molar-refractivity contribution >= 4 is 0 Å². The van der Waals surface area contributed by atoms with E-state index in [0.717, 1.165) is 12.0 Å². The largest absolute Gasteiger partial charge is 0.311 e. The zero-order valence-corrected chi connectivity index (χ0v) is 12.7. The highest BCUT2D eigenvalue weighted by atomic mass is 15.3. The van der Waals surface area contributed by atoms with Gasteiger partial charge in [0.2, 0.25) is 0 Å². The Balaban J connectivity index is 1.95. The molecule has 18 heavy (non-hydrogen) atoms. The Morgan fingerprint density at radius 3 is 2.39 bits per heavy atom.